The molecule has 2 aromatic rings. The van der Waals surface area contributed by atoms with E-state index in [4.69, 9.17) is 5.73 Å². The Morgan fingerprint density at radius 1 is 1.19 bits per heavy atom. The molecular formula is C12H10FN3O4S. The Kier molecular flexibility index (Phi) is 3.76. The maximum Gasteiger partial charge on any atom is 0.304 e. The third-order valence-corrected chi connectivity index (χ3v) is 3.94. The van der Waals surface area contributed by atoms with E-state index in [2.05, 4.69) is 4.72 Å². The highest BCUT2D eigenvalue weighted by atomic mass is 32.2. The number of rotatable bonds is 4. The molecule has 0 aromatic heterocycles. The molecule has 0 saturated carbocycles. The molecule has 7 nitrogen and oxygen atoms in total. The zero-order valence-corrected chi connectivity index (χ0v) is 11.3. The van der Waals surface area contributed by atoms with E-state index in [0.717, 1.165) is 18.2 Å². The van der Waals surface area contributed by atoms with Crippen LogP contribution in [0, 0.1) is 15.9 Å². The van der Waals surface area contributed by atoms with Crippen LogP contribution >= 0.6 is 0 Å². The molecule has 0 radical (unpaired) electrons. The maximum atomic E-state index is 13.4. The molecule has 0 amide bonds. The van der Waals surface area contributed by atoms with Crippen LogP contribution in [-0.4, -0.2) is 13.3 Å². The molecule has 2 rings (SSSR count). The molecule has 2 aromatic carbocycles. The van der Waals surface area contributed by atoms with Crippen molar-refractivity contribution in [2.45, 2.75) is 4.90 Å². The molecule has 0 bridgehead atoms. The van der Waals surface area contributed by atoms with Crippen molar-refractivity contribution in [3.63, 3.8) is 0 Å². The van der Waals surface area contributed by atoms with Gasteiger partial charge in [0.15, 0.2) is 0 Å². The van der Waals surface area contributed by atoms with Gasteiger partial charge in [0.05, 0.1) is 15.5 Å². The van der Waals surface area contributed by atoms with Crippen LogP contribution in [0.2, 0.25) is 0 Å². The summed E-state index contributed by atoms with van der Waals surface area (Å²) in [5, 5.41) is 10.5. The summed E-state index contributed by atoms with van der Waals surface area (Å²) in [5.41, 5.74) is 4.90. The van der Waals surface area contributed by atoms with Crippen molar-refractivity contribution in [1.29, 1.82) is 0 Å². The quantitative estimate of drug-likeness (QED) is 0.510. The highest BCUT2D eigenvalue weighted by Crippen LogP contribution is 2.23. The largest absolute Gasteiger partial charge is 0.399 e. The van der Waals surface area contributed by atoms with Crippen LogP contribution < -0.4 is 10.5 Å². The molecule has 0 spiro atoms. The second-order valence-electron chi connectivity index (χ2n) is 4.10. The molecule has 9 heteroatoms. The Balaban J connectivity index is 2.33. The van der Waals surface area contributed by atoms with E-state index in [-0.39, 0.29) is 16.3 Å². The smallest absolute Gasteiger partial charge is 0.304 e. The predicted octanol–water partition coefficient (Wildman–Crippen LogP) is 2.12. The third-order valence-electron chi connectivity index (χ3n) is 2.56. The van der Waals surface area contributed by atoms with Gasteiger partial charge >= 0.3 is 5.69 Å². The standard InChI is InChI=1S/C12H10FN3O4S/c13-11-7-9(4-5-12(11)16(17)18)15-21(19,20)10-3-1-2-8(14)6-10/h1-7,15H,14H2. The van der Waals surface area contributed by atoms with E-state index >= 15 is 0 Å². The number of nitrogens with zero attached hydrogens (tertiary/aromatic N) is 1. The van der Waals surface area contributed by atoms with Crippen LogP contribution in [0.3, 0.4) is 0 Å². The van der Waals surface area contributed by atoms with Gasteiger partial charge < -0.3 is 5.73 Å². The molecule has 0 fully saturated rings. The lowest BCUT2D eigenvalue weighted by molar-refractivity contribution is -0.387. The van der Waals surface area contributed by atoms with Gasteiger partial charge in [0, 0.05) is 17.8 Å². The van der Waals surface area contributed by atoms with Gasteiger partial charge in [-0.05, 0) is 24.3 Å². The maximum absolute atomic E-state index is 13.4. The van der Waals surface area contributed by atoms with Gasteiger partial charge in [-0.15, -0.1) is 0 Å². The zero-order valence-electron chi connectivity index (χ0n) is 10.5. The molecule has 0 atom stereocenters. The van der Waals surface area contributed by atoms with Gasteiger partial charge in [0.2, 0.25) is 5.82 Å². The first-order valence-corrected chi connectivity index (χ1v) is 7.10. The fourth-order valence-corrected chi connectivity index (χ4v) is 2.72. The van der Waals surface area contributed by atoms with E-state index in [1.54, 1.807) is 0 Å². The van der Waals surface area contributed by atoms with Crippen LogP contribution in [0.4, 0.5) is 21.5 Å². The lowest BCUT2D eigenvalue weighted by Crippen LogP contribution is -2.13. The van der Waals surface area contributed by atoms with Gasteiger partial charge in [-0.3, -0.25) is 14.8 Å². The molecule has 0 saturated heterocycles. The Morgan fingerprint density at radius 2 is 1.90 bits per heavy atom. The van der Waals surface area contributed by atoms with Crippen LogP contribution in [0.25, 0.3) is 0 Å². The van der Waals surface area contributed by atoms with Crippen molar-refractivity contribution in [3.8, 4) is 0 Å². The average Bonchev–Trinajstić information content (AvgIpc) is 2.37. The molecule has 0 unspecified atom stereocenters. The first-order chi connectivity index (χ1) is 9.79. The summed E-state index contributed by atoms with van der Waals surface area (Å²) >= 11 is 0. The van der Waals surface area contributed by atoms with Crippen molar-refractivity contribution < 1.29 is 17.7 Å². The number of benzene rings is 2. The lowest BCUT2D eigenvalue weighted by atomic mass is 10.3. The minimum absolute atomic E-state index is 0.0961. The second kappa shape index (κ2) is 5.37. The number of nitro groups is 1. The number of halogens is 1. The summed E-state index contributed by atoms with van der Waals surface area (Å²) in [6.45, 7) is 0. The number of hydrogen-bond acceptors (Lipinski definition) is 5. The molecule has 0 aliphatic carbocycles. The summed E-state index contributed by atoms with van der Waals surface area (Å²) in [5.74, 6) is -1.13. The monoisotopic (exact) mass is 311 g/mol. The zero-order chi connectivity index (χ0) is 15.6. The molecule has 110 valence electrons. The van der Waals surface area contributed by atoms with Gasteiger partial charge in [0.25, 0.3) is 10.0 Å². The fourth-order valence-electron chi connectivity index (χ4n) is 1.61. The number of anilines is 2. The first-order valence-electron chi connectivity index (χ1n) is 5.62. The number of nitrogens with two attached hydrogens (primary N) is 1. The Bertz CT molecular complexity index is 808. The van der Waals surface area contributed by atoms with E-state index < -0.39 is 26.5 Å². The van der Waals surface area contributed by atoms with Gasteiger partial charge in [-0.1, -0.05) is 6.07 Å². The van der Waals surface area contributed by atoms with Gasteiger partial charge in [-0.25, -0.2) is 8.42 Å². The fraction of sp³-hybridized carbons (Fsp3) is 0. The summed E-state index contributed by atoms with van der Waals surface area (Å²) in [7, 11) is -3.95. The summed E-state index contributed by atoms with van der Waals surface area (Å²) < 4.78 is 39.7. The topological polar surface area (TPSA) is 115 Å². The Labute approximate surface area is 119 Å². The third kappa shape index (κ3) is 3.26. The Hall–Kier alpha value is -2.68. The predicted molar refractivity (Wildman–Crippen MR) is 74.7 cm³/mol. The lowest BCUT2D eigenvalue weighted by Gasteiger charge is -2.08. The van der Waals surface area contributed by atoms with Gasteiger partial charge in [0.1, 0.15) is 0 Å². The molecule has 3 N–H and O–H groups in total. The first kappa shape index (κ1) is 14.7. The van der Waals surface area contributed by atoms with Crippen LogP contribution in [0.15, 0.2) is 47.4 Å². The van der Waals surface area contributed by atoms with E-state index in [1.807, 2.05) is 0 Å². The molecular weight excluding hydrogens is 301 g/mol. The normalized spacial score (nSPS) is 11.1. The van der Waals surface area contributed by atoms with Crippen LogP contribution in [-0.2, 0) is 10.0 Å². The number of hydrogen-bond donors (Lipinski definition) is 2. The summed E-state index contributed by atoms with van der Waals surface area (Å²) in [6.07, 6.45) is 0. The molecule has 21 heavy (non-hydrogen) atoms. The number of sulfonamides is 1. The SMILES string of the molecule is Nc1cccc(S(=O)(=O)Nc2ccc([N+](=O)[O-])c(F)c2)c1. The van der Waals surface area contributed by atoms with Crippen molar-refractivity contribution in [1.82, 2.24) is 0 Å². The molecule has 0 aliphatic heterocycles. The Morgan fingerprint density at radius 3 is 2.48 bits per heavy atom. The minimum atomic E-state index is -3.95. The number of nitrogen functional groups attached to an aromatic ring is 1. The van der Waals surface area contributed by atoms with Crippen molar-refractivity contribution >= 4 is 27.1 Å². The number of nitrogens with one attached hydrogen (secondary N) is 1. The van der Waals surface area contributed by atoms with Crippen LogP contribution in [0.1, 0.15) is 0 Å². The summed E-state index contributed by atoms with van der Waals surface area (Å²) in [6, 6.07) is 8.26. The highest BCUT2D eigenvalue weighted by molar-refractivity contribution is 7.92. The van der Waals surface area contributed by atoms with Crippen LogP contribution in [0.5, 0.6) is 0 Å². The van der Waals surface area contributed by atoms with Crippen molar-refractivity contribution in [2.75, 3.05) is 10.5 Å². The average molecular weight is 311 g/mol. The summed E-state index contributed by atoms with van der Waals surface area (Å²) in [4.78, 5) is 9.50. The van der Waals surface area contributed by atoms with Gasteiger partial charge in [-0.2, -0.15) is 4.39 Å². The number of nitro benzene ring substituents is 1. The molecule has 0 aliphatic rings. The van der Waals surface area contributed by atoms with E-state index in [9.17, 15) is 22.9 Å². The minimum Gasteiger partial charge on any atom is -0.399 e. The van der Waals surface area contributed by atoms with E-state index in [0.29, 0.717) is 0 Å². The van der Waals surface area contributed by atoms with E-state index in [1.165, 1.54) is 24.3 Å². The molecule has 0 heterocycles. The second-order valence-corrected chi connectivity index (χ2v) is 5.78. The highest BCUT2D eigenvalue weighted by Gasteiger charge is 2.18. The van der Waals surface area contributed by atoms with Crippen molar-refractivity contribution in [2.24, 2.45) is 0 Å². The van der Waals surface area contributed by atoms with Crippen molar-refractivity contribution in [3.05, 3.63) is 58.4 Å².